The smallest absolute Gasteiger partial charge is 0.171 e. The van der Waals surface area contributed by atoms with Gasteiger partial charge < -0.3 is 10.6 Å². The van der Waals surface area contributed by atoms with Crippen molar-refractivity contribution in [2.45, 2.75) is 6.54 Å². The van der Waals surface area contributed by atoms with E-state index in [1.807, 2.05) is 0 Å². The molecule has 0 saturated heterocycles. The van der Waals surface area contributed by atoms with E-state index >= 15 is 0 Å². The maximum absolute atomic E-state index is 13.4. The molecule has 0 unspecified atom stereocenters. The molecule has 0 aliphatic rings. The first kappa shape index (κ1) is 13.4. The molecular formula is C14H12F2N2S. The quantitative estimate of drug-likeness (QED) is 0.841. The Kier molecular flexibility index (Phi) is 4.41. The first-order chi connectivity index (χ1) is 9.15. The molecule has 0 heterocycles. The topological polar surface area (TPSA) is 24.1 Å². The number of thiocarbonyl (C=S) groups is 1. The highest BCUT2D eigenvalue weighted by Crippen LogP contribution is 2.09. The zero-order valence-electron chi connectivity index (χ0n) is 9.99. The van der Waals surface area contributed by atoms with Gasteiger partial charge >= 0.3 is 0 Å². The lowest BCUT2D eigenvalue weighted by Gasteiger charge is -2.11. The Hall–Kier alpha value is -2.01. The molecule has 19 heavy (non-hydrogen) atoms. The molecule has 0 spiro atoms. The maximum atomic E-state index is 13.4. The molecule has 2 rings (SSSR count). The Morgan fingerprint density at radius 2 is 1.84 bits per heavy atom. The SMILES string of the molecule is Fc1cccc(NC(=S)NCc2ccccc2F)c1. The second-order valence-corrected chi connectivity index (χ2v) is 4.32. The van der Waals surface area contributed by atoms with Gasteiger partial charge in [-0.05, 0) is 36.5 Å². The Balaban J connectivity index is 1.90. The number of rotatable bonds is 3. The summed E-state index contributed by atoms with van der Waals surface area (Å²) in [4.78, 5) is 0. The van der Waals surface area contributed by atoms with Crippen LogP contribution in [0.3, 0.4) is 0 Å². The van der Waals surface area contributed by atoms with Gasteiger partial charge in [0.1, 0.15) is 11.6 Å². The molecule has 2 aromatic rings. The number of hydrogen-bond acceptors (Lipinski definition) is 1. The van der Waals surface area contributed by atoms with E-state index in [9.17, 15) is 8.78 Å². The zero-order valence-corrected chi connectivity index (χ0v) is 10.8. The van der Waals surface area contributed by atoms with Crippen molar-refractivity contribution in [1.29, 1.82) is 0 Å². The molecule has 0 aliphatic carbocycles. The molecule has 5 heteroatoms. The van der Waals surface area contributed by atoms with Gasteiger partial charge in [-0.25, -0.2) is 8.78 Å². The van der Waals surface area contributed by atoms with Crippen LogP contribution >= 0.6 is 12.2 Å². The first-order valence-electron chi connectivity index (χ1n) is 5.69. The third-order valence-electron chi connectivity index (χ3n) is 2.48. The molecule has 2 aromatic carbocycles. The first-order valence-corrected chi connectivity index (χ1v) is 6.10. The van der Waals surface area contributed by atoms with Crippen molar-refractivity contribution < 1.29 is 8.78 Å². The van der Waals surface area contributed by atoms with Crippen LogP contribution < -0.4 is 10.6 Å². The predicted octanol–water partition coefficient (Wildman–Crippen LogP) is 3.45. The standard InChI is InChI=1S/C14H12F2N2S/c15-11-5-3-6-12(8-11)18-14(19)17-9-10-4-1-2-7-13(10)16/h1-8H,9H2,(H2,17,18,19). The summed E-state index contributed by atoms with van der Waals surface area (Å²) in [5, 5.41) is 6.01. The lowest BCUT2D eigenvalue weighted by Crippen LogP contribution is -2.28. The van der Waals surface area contributed by atoms with Crippen molar-refractivity contribution in [3.05, 3.63) is 65.7 Å². The van der Waals surface area contributed by atoms with Crippen molar-refractivity contribution in [2.24, 2.45) is 0 Å². The van der Waals surface area contributed by atoms with Crippen LogP contribution in [0.2, 0.25) is 0 Å². The van der Waals surface area contributed by atoms with Crippen LogP contribution in [-0.2, 0) is 6.54 Å². The minimum absolute atomic E-state index is 0.272. The monoisotopic (exact) mass is 278 g/mol. The molecule has 0 saturated carbocycles. The van der Waals surface area contributed by atoms with E-state index in [-0.39, 0.29) is 18.2 Å². The molecule has 2 N–H and O–H groups in total. The summed E-state index contributed by atoms with van der Waals surface area (Å²) in [7, 11) is 0. The lowest BCUT2D eigenvalue weighted by atomic mass is 10.2. The third-order valence-corrected chi connectivity index (χ3v) is 2.73. The van der Waals surface area contributed by atoms with Gasteiger partial charge in [0, 0.05) is 17.8 Å². The summed E-state index contributed by atoms with van der Waals surface area (Å²) >= 11 is 5.05. The Morgan fingerprint density at radius 3 is 2.58 bits per heavy atom. The minimum atomic E-state index is -0.345. The van der Waals surface area contributed by atoms with Crippen LogP contribution in [0.4, 0.5) is 14.5 Å². The van der Waals surface area contributed by atoms with E-state index in [0.717, 1.165) is 0 Å². The summed E-state index contributed by atoms with van der Waals surface area (Å²) in [6.45, 7) is 0.272. The van der Waals surface area contributed by atoms with Gasteiger partial charge in [0.2, 0.25) is 0 Å². The highest BCUT2D eigenvalue weighted by molar-refractivity contribution is 7.80. The molecule has 0 radical (unpaired) electrons. The van der Waals surface area contributed by atoms with Gasteiger partial charge in [-0.2, -0.15) is 0 Å². The van der Waals surface area contributed by atoms with Crippen molar-refractivity contribution in [1.82, 2.24) is 5.32 Å². The Labute approximate surface area is 115 Å². The van der Waals surface area contributed by atoms with Gasteiger partial charge in [0.15, 0.2) is 5.11 Å². The van der Waals surface area contributed by atoms with Crippen LogP contribution in [0.15, 0.2) is 48.5 Å². The average molecular weight is 278 g/mol. The number of anilines is 1. The van der Waals surface area contributed by atoms with Crippen LogP contribution in [0, 0.1) is 11.6 Å². The lowest BCUT2D eigenvalue weighted by molar-refractivity contribution is 0.606. The number of benzene rings is 2. The van der Waals surface area contributed by atoms with Gasteiger partial charge in [-0.15, -0.1) is 0 Å². The van der Waals surface area contributed by atoms with Crippen LogP contribution in [0.5, 0.6) is 0 Å². The van der Waals surface area contributed by atoms with E-state index in [1.165, 1.54) is 18.2 Å². The summed E-state index contributed by atoms with van der Waals surface area (Å²) in [5.41, 5.74) is 1.07. The van der Waals surface area contributed by atoms with Gasteiger partial charge in [-0.1, -0.05) is 24.3 Å². The number of nitrogens with one attached hydrogen (secondary N) is 2. The van der Waals surface area contributed by atoms with Gasteiger partial charge in [0.25, 0.3) is 0 Å². The van der Waals surface area contributed by atoms with E-state index in [1.54, 1.807) is 30.3 Å². The molecule has 0 fully saturated rings. The molecule has 98 valence electrons. The molecule has 0 atom stereocenters. The summed E-state index contributed by atoms with van der Waals surface area (Å²) < 4.78 is 26.3. The molecule has 2 nitrogen and oxygen atoms in total. The van der Waals surface area contributed by atoms with Crippen LogP contribution in [-0.4, -0.2) is 5.11 Å². The fourth-order valence-electron chi connectivity index (χ4n) is 1.56. The number of hydrogen-bond donors (Lipinski definition) is 2. The normalized spacial score (nSPS) is 10.0. The second-order valence-electron chi connectivity index (χ2n) is 3.91. The van der Waals surface area contributed by atoms with E-state index in [0.29, 0.717) is 16.4 Å². The van der Waals surface area contributed by atoms with Crippen molar-refractivity contribution in [2.75, 3.05) is 5.32 Å². The fourth-order valence-corrected chi connectivity index (χ4v) is 1.75. The molecule has 0 bridgehead atoms. The van der Waals surface area contributed by atoms with Gasteiger partial charge in [0.05, 0.1) is 0 Å². The molecule has 0 aliphatic heterocycles. The summed E-state index contributed by atoms with van der Waals surface area (Å²) in [6, 6.07) is 12.4. The highest BCUT2D eigenvalue weighted by Gasteiger charge is 2.02. The van der Waals surface area contributed by atoms with E-state index < -0.39 is 0 Å². The Bertz CT molecular complexity index is 587. The minimum Gasteiger partial charge on any atom is -0.358 e. The largest absolute Gasteiger partial charge is 0.358 e. The predicted molar refractivity (Wildman–Crippen MR) is 75.9 cm³/mol. The third kappa shape index (κ3) is 3.99. The molecule has 0 aromatic heterocycles. The highest BCUT2D eigenvalue weighted by atomic mass is 32.1. The maximum Gasteiger partial charge on any atom is 0.171 e. The van der Waals surface area contributed by atoms with Crippen molar-refractivity contribution in [3.63, 3.8) is 0 Å². The molecular weight excluding hydrogens is 266 g/mol. The van der Waals surface area contributed by atoms with Crippen molar-refractivity contribution in [3.8, 4) is 0 Å². The summed E-state index contributed by atoms with van der Waals surface area (Å²) in [6.07, 6.45) is 0. The summed E-state index contributed by atoms with van der Waals surface area (Å²) in [5.74, 6) is -0.634. The Morgan fingerprint density at radius 1 is 1.05 bits per heavy atom. The fraction of sp³-hybridized carbons (Fsp3) is 0.0714. The second kappa shape index (κ2) is 6.24. The number of halogens is 2. The van der Waals surface area contributed by atoms with Crippen molar-refractivity contribution >= 4 is 23.0 Å². The zero-order chi connectivity index (χ0) is 13.7. The molecule has 0 amide bonds. The average Bonchev–Trinajstić information content (AvgIpc) is 2.38. The van der Waals surface area contributed by atoms with E-state index in [2.05, 4.69) is 10.6 Å². The van der Waals surface area contributed by atoms with Gasteiger partial charge in [-0.3, -0.25) is 0 Å². The van der Waals surface area contributed by atoms with Crippen LogP contribution in [0.25, 0.3) is 0 Å². The van der Waals surface area contributed by atoms with Crippen LogP contribution in [0.1, 0.15) is 5.56 Å². The van der Waals surface area contributed by atoms with E-state index in [4.69, 9.17) is 12.2 Å².